The van der Waals surface area contributed by atoms with Gasteiger partial charge in [-0.25, -0.2) is 13.2 Å². The monoisotopic (exact) mass is 362 g/mol. The Bertz CT molecular complexity index is 568. The minimum atomic E-state index is -3.08. The fourth-order valence-corrected chi connectivity index (χ4v) is 4.37. The summed E-state index contributed by atoms with van der Waals surface area (Å²) >= 11 is 0. The van der Waals surface area contributed by atoms with E-state index < -0.39 is 27.6 Å². The highest BCUT2D eigenvalue weighted by atomic mass is 32.2. The average molecular weight is 362 g/mol. The molecule has 140 valence electrons. The molecule has 0 bridgehead atoms. The van der Waals surface area contributed by atoms with Crippen molar-refractivity contribution in [2.75, 3.05) is 18.6 Å². The number of alkyl carbamates (subject to hydrolysis) is 1. The lowest BCUT2D eigenvalue weighted by Crippen LogP contribution is -2.54. The minimum absolute atomic E-state index is 0.0189. The third-order valence-electron chi connectivity index (χ3n) is 4.26. The van der Waals surface area contributed by atoms with Crippen molar-refractivity contribution < 1.29 is 22.7 Å². The lowest BCUT2D eigenvalue weighted by molar-refractivity contribution is -0.135. The van der Waals surface area contributed by atoms with Gasteiger partial charge in [-0.3, -0.25) is 4.79 Å². The summed E-state index contributed by atoms with van der Waals surface area (Å²) < 4.78 is 28.5. The number of nitrogens with one attached hydrogen (secondary N) is 1. The van der Waals surface area contributed by atoms with Gasteiger partial charge in [0.2, 0.25) is 5.91 Å². The van der Waals surface area contributed by atoms with Gasteiger partial charge in [-0.15, -0.1) is 0 Å². The number of likely N-dealkylation sites (N-methyl/N-ethyl adjacent to an activating group) is 1. The van der Waals surface area contributed by atoms with E-state index >= 15 is 0 Å². The first-order chi connectivity index (χ1) is 10.9. The largest absolute Gasteiger partial charge is 0.444 e. The third-order valence-corrected chi connectivity index (χ3v) is 6.01. The van der Waals surface area contributed by atoms with E-state index in [4.69, 9.17) is 4.74 Å². The second-order valence-electron chi connectivity index (χ2n) is 7.52. The summed E-state index contributed by atoms with van der Waals surface area (Å²) in [6, 6.07) is -1.08. The molecule has 2 unspecified atom stereocenters. The van der Waals surface area contributed by atoms with E-state index in [0.717, 1.165) is 0 Å². The number of sulfone groups is 1. The molecule has 1 aliphatic rings. The molecule has 0 aliphatic carbocycles. The molecule has 0 saturated carbocycles. The molecule has 0 aromatic carbocycles. The molecule has 1 rings (SSSR count). The van der Waals surface area contributed by atoms with Crippen LogP contribution >= 0.6 is 0 Å². The lowest BCUT2D eigenvalue weighted by Gasteiger charge is -2.32. The highest BCUT2D eigenvalue weighted by Gasteiger charge is 2.37. The van der Waals surface area contributed by atoms with Crippen LogP contribution in [0.3, 0.4) is 0 Å². The SMILES string of the molecule is CCC(C)[C@H](NC(=O)OC(C)(C)C)C(=O)N(C)C1CCS(=O)(=O)C1. The topological polar surface area (TPSA) is 92.8 Å². The first kappa shape index (κ1) is 20.7. The van der Waals surface area contributed by atoms with Crippen LogP contribution in [0, 0.1) is 5.92 Å². The molecule has 1 fully saturated rings. The second-order valence-corrected chi connectivity index (χ2v) is 9.74. The van der Waals surface area contributed by atoms with Gasteiger partial charge < -0.3 is 15.0 Å². The standard InChI is InChI=1S/C16H30N2O5S/c1-7-11(2)13(17-15(20)23-16(3,4)5)14(19)18(6)12-8-9-24(21,22)10-12/h11-13H,7-10H2,1-6H3,(H,17,20)/t11?,12?,13-/m0/s1. The molecule has 1 N–H and O–H groups in total. The molecule has 2 amide bonds. The van der Waals surface area contributed by atoms with E-state index in [-0.39, 0.29) is 29.4 Å². The van der Waals surface area contributed by atoms with Gasteiger partial charge in [-0.05, 0) is 33.1 Å². The Morgan fingerprint density at radius 2 is 1.92 bits per heavy atom. The Morgan fingerprint density at radius 1 is 1.33 bits per heavy atom. The van der Waals surface area contributed by atoms with Crippen molar-refractivity contribution in [2.24, 2.45) is 5.92 Å². The van der Waals surface area contributed by atoms with Gasteiger partial charge in [0.25, 0.3) is 0 Å². The fourth-order valence-electron chi connectivity index (χ4n) is 2.60. The van der Waals surface area contributed by atoms with Crippen molar-refractivity contribution in [3.8, 4) is 0 Å². The highest BCUT2D eigenvalue weighted by Crippen LogP contribution is 2.20. The van der Waals surface area contributed by atoms with Crippen molar-refractivity contribution in [3.63, 3.8) is 0 Å². The van der Waals surface area contributed by atoms with Gasteiger partial charge in [0.15, 0.2) is 9.84 Å². The molecule has 1 aliphatic heterocycles. The maximum Gasteiger partial charge on any atom is 0.408 e. The Kier molecular flexibility index (Phi) is 6.67. The summed E-state index contributed by atoms with van der Waals surface area (Å²) in [6.45, 7) is 9.06. The van der Waals surface area contributed by atoms with E-state index in [1.807, 2.05) is 13.8 Å². The molecular formula is C16H30N2O5S. The zero-order chi connectivity index (χ0) is 18.7. The number of amides is 2. The number of rotatable bonds is 5. The van der Waals surface area contributed by atoms with Crippen LogP contribution < -0.4 is 5.32 Å². The van der Waals surface area contributed by atoms with Gasteiger partial charge in [0.05, 0.1) is 11.5 Å². The predicted octanol–water partition coefficient (Wildman–Crippen LogP) is 1.57. The van der Waals surface area contributed by atoms with Gasteiger partial charge in [-0.1, -0.05) is 20.3 Å². The van der Waals surface area contributed by atoms with E-state index in [2.05, 4.69) is 5.32 Å². The van der Waals surface area contributed by atoms with Crippen LogP contribution in [-0.4, -0.2) is 61.6 Å². The third kappa shape index (κ3) is 5.96. The first-order valence-electron chi connectivity index (χ1n) is 8.33. The molecule has 1 heterocycles. The molecular weight excluding hydrogens is 332 g/mol. The van der Waals surface area contributed by atoms with Crippen molar-refractivity contribution in [1.82, 2.24) is 10.2 Å². The van der Waals surface area contributed by atoms with Gasteiger partial charge in [0, 0.05) is 13.1 Å². The zero-order valence-electron chi connectivity index (χ0n) is 15.5. The van der Waals surface area contributed by atoms with Crippen molar-refractivity contribution in [2.45, 2.75) is 65.1 Å². The summed E-state index contributed by atoms with van der Waals surface area (Å²) in [6.07, 6.45) is 0.487. The molecule has 3 atom stereocenters. The van der Waals surface area contributed by atoms with E-state index in [1.165, 1.54) is 4.90 Å². The normalized spacial score (nSPS) is 22.5. The van der Waals surface area contributed by atoms with Crippen LogP contribution in [0.5, 0.6) is 0 Å². The minimum Gasteiger partial charge on any atom is -0.444 e. The van der Waals surface area contributed by atoms with Crippen molar-refractivity contribution >= 4 is 21.8 Å². The maximum atomic E-state index is 12.8. The fraction of sp³-hybridized carbons (Fsp3) is 0.875. The number of hydrogen-bond donors (Lipinski definition) is 1. The molecule has 1 saturated heterocycles. The Hall–Kier alpha value is -1.31. The second kappa shape index (κ2) is 7.72. The van der Waals surface area contributed by atoms with Gasteiger partial charge in [0.1, 0.15) is 11.6 Å². The van der Waals surface area contributed by atoms with Crippen LogP contribution in [0.4, 0.5) is 4.79 Å². The molecule has 7 nitrogen and oxygen atoms in total. The van der Waals surface area contributed by atoms with Crippen LogP contribution in [0.2, 0.25) is 0 Å². The molecule has 0 spiro atoms. The molecule has 0 aromatic heterocycles. The van der Waals surface area contributed by atoms with Gasteiger partial charge >= 0.3 is 6.09 Å². The number of ether oxygens (including phenoxy) is 1. The Labute approximate surface area is 145 Å². The smallest absolute Gasteiger partial charge is 0.408 e. The number of carbonyl (C=O) groups is 2. The predicted molar refractivity (Wildman–Crippen MR) is 92.4 cm³/mol. The van der Waals surface area contributed by atoms with E-state index in [9.17, 15) is 18.0 Å². The van der Waals surface area contributed by atoms with Crippen LogP contribution in [0.25, 0.3) is 0 Å². The number of hydrogen-bond acceptors (Lipinski definition) is 5. The maximum absolute atomic E-state index is 12.8. The highest BCUT2D eigenvalue weighted by molar-refractivity contribution is 7.91. The average Bonchev–Trinajstić information content (AvgIpc) is 2.80. The Balaban J connectivity index is 2.83. The van der Waals surface area contributed by atoms with Crippen LogP contribution in [0.1, 0.15) is 47.5 Å². The lowest BCUT2D eigenvalue weighted by atomic mass is 9.97. The number of carbonyl (C=O) groups excluding carboxylic acids is 2. The summed E-state index contributed by atoms with van der Waals surface area (Å²) in [4.78, 5) is 26.3. The Morgan fingerprint density at radius 3 is 2.33 bits per heavy atom. The van der Waals surface area contributed by atoms with E-state index in [0.29, 0.717) is 12.8 Å². The summed E-state index contributed by atoms with van der Waals surface area (Å²) in [5.74, 6) is -0.291. The van der Waals surface area contributed by atoms with E-state index in [1.54, 1.807) is 27.8 Å². The van der Waals surface area contributed by atoms with Crippen LogP contribution in [-0.2, 0) is 19.4 Å². The summed E-state index contributed by atoms with van der Waals surface area (Å²) in [7, 11) is -1.48. The van der Waals surface area contributed by atoms with Crippen molar-refractivity contribution in [3.05, 3.63) is 0 Å². The quantitative estimate of drug-likeness (QED) is 0.801. The molecule has 0 radical (unpaired) electrons. The molecule has 24 heavy (non-hydrogen) atoms. The number of nitrogens with zero attached hydrogens (tertiary/aromatic N) is 1. The molecule has 8 heteroatoms. The van der Waals surface area contributed by atoms with Crippen molar-refractivity contribution in [1.29, 1.82) is 0 Å². The molecule has 0 aromatic rings. The first-order valence-corrected chi connectivity index (χ1v) is 10.1. The van der Waals surface area contributed by atoms with Gasteiger partial charge in [-0.2, -0.15) is 0 Å². The summed E-state index contributed by atoms with van der Waals surface area (Å²) in [5, 5.41) is 2.65. The summed E-state index contributed by atoms with van der Waals surface area (Å²) in [5.41, 5.74) is -0.654. The van der Waals surface area contributed by atoms with Crippen LogP contribution in [0.15, 0.2) is 0 Å². The zero-order valence-corrected chi connectivity index (χ0v) is 16.3.